The van der Waals surface area contributed by atoms with Crippen LogP contribution in [0.2, 0.25) is 0 Å². The van der Waals surface area contributed by atoms with Crippen molar-refractivity contribution in [1.29, 1.82) is 0 Å². The van der Waals surface area contributed by atoms with Crippen LogP contribution < -0.4 is 5.32 Å². The Kier molecular flexibility index (Phi) is 2.70. The van der Waals surface area contributed by atoms with Crippen LogP contribution in [0.5, 0.6) is 0 Å². The fourth-order valence-corrected chi connectivity index (χ4v) is 2.81. The number of benzene rings is 1. The molecule has 92 valence electrons. The van der Waals surface area contributed by atoms with E-state index in [1.54, 1.807) is 12.1 Å². The van der Waals surface area contributed by atoms with Crippen LogP contribution in [0.1, 0.15) is 44.2 Å². The van der Waals surface area contributed by atoms with E-state index in [4.69, 9.17) is 0 Å². The van der Waals surface area contributed by atoms with Gasteiger partial charge in [-0.15, -0.1) is 0 Å². The molecule has 2 saturated carbocycles. The van der Waals surface area contributed by atoms with Crippen molar-refractivity contribution in [2.24, 2.45) is 11.3 Å². The van der Waals surface area contributed by atoms with Crippen LogP contribution in [0, 0.1) is 17.2 Å². The Morgan fingerprint density at radius 2 is 1.94 bits per heavy atom. The van der Waals surface area contributed by atoms with Crippen LogP contribution >= 0.6 is 0 Å². The summed E-state index contributed by atoms with van der Waals surface area (Å²) in [5.41, 5.74) is 1.81. The SMILES string of the molecule is CC(NCC1(C2CC2)CC1)c1ccc(F)cc1. The van der Waals surface area contributed by atoms with Crippen molar-refractivity contribution < 1.29 is 4.39 Å². The number of nitrogens with one attached hydrogen (secondary N) is 1. The molecule has 0 bridgehead atoms. The van der Waals surface area contributed by atoms with Gasteiger partial charge >= 0.3 is 0 Å². The summed E-state index contributed by atoms with van der Waals surface area (Å²) in [6.07, 6.45) is 5.68. The van der Waals surface area contributed by atoms with Crippen molar-refractivity contribution in [3.05, 3.63) is 35.6 Å². The molecule has 2 fully saturated rings. The van der Waals surface area contributed by atoms with E-state index in [1.807, 2.05) is 12.1 Å². The summed E-state index contributed by atoms with van der Waals surface area (Å²) in [6.45, 7) is 3.30. The van der Waals surface area contributed by atoms with Crippen molar-refractivity contribution in [3.8, 4) is 0 Å². The van der Waals surface area contributed by atoms with Gasteiger partial charge in [0.05, 0.1) is 0 Å². The van der Waals surface area contributed by atoms with Crippen LogP contribution in [0.3, 0.4) is 0 Å². The van der Waals surface area contributed by atoms with Gasteiger partial charge in [-0.05, 0) is 61.6 Å². The molecule has 3 rings (SSSR count). The molecule has 1 nitrogen and oxygen atoms in total. The maximum absolute atomic E-state index is 12.8. The van der Waals surface area contributed by atoms with E-state index < -0.39 is 0 Å². The van der Waals surface area contributed by atoms with Crippen LogP contribution in [0.25, 0.3) is 0 Å². The van der Waals surface area contributed by atoms with Crippen molar-refractivity contribution >= 4 is 0 Å². The maximum atomic E-state index is 12.8. The van der Waals surface area contributed by atoms with Gasteiger partial charge in [0.25, 0.3) is 0 Å². The van der Waals surface area contributed by atoms with E-state index in [9.17, 15) is 4.39 Å². The van der Waals surface area contributed by atoms with Gasteiger partial charge in [0.2, 0.25) is 0 Å². The minimum Gasteiger partial charge on any atom is -0.310 e. The van der Waals surface area contributed by atoms with Gasteiger partial charge in [0.1, 0.15) is 5.82 Å². The Bertz CT molecular complexity index is 390. The molecule has 0 radical (unpaired) electrons. The fourth-order valence-electron chi connectivity index (χ4n) is 2.81. The van der Waals surface area contributed by atoms with E-state index in [-0.39, 0.29) is 5.82 Å². The molecule has 1 unspecified atom stereocenters. The van der Waals surface area contributed by atoms with E-state index in [2.05, 4.69) is 12.2 Å². The van der Waals surface area contributed by atoms with Crippen LogP contribution in [-0.4, -0.2) is 6.54 Å². The van der Waals surface area contributed by atoms with Gasteiger partial charge in [-0.2, -0.15) is 0 Å². The highest BCUT2D eigenvalue weighted by Crippen LogP contribution is 2.60. The lowest BCUT2D eigenvalue weighted by Gasteiger charge is -2.20. The van der Waals surface area contributed by atoms with Gasteiger partial charge in [0, 0.05) is 12.6 Å². The number of hydrogen-bond acceptors (Lipinski definition) is 1. The lowest BCUT2D eigenvalue weighted by Crippen LogP contribution is -2.27. The molecule has 17 heavy (non-hydrogen) atoms. The average molecular weight is 233 g/mol. The van der Waals surface area contributed by atoms with Gasteiger partial charge in [-0.25, -0.2) is 4.39 Å². The van der Waals surface area contributed by atoms with E-state index in [1.165, 1.54) is 31.2 Å². The second-order valence-corrected chi connectivity index (χ2v) is 5.79. The largest absolute Gasteiger partial charge is 0.310 e. The first-order chi connectivity index (χ1) is 8.20. The third kappa shape index (κ3) is 2.37. The molecule has 0 spiro atoms. The van der Waals surface area contributed by atoms with Crippen LogP contribution in [0.4, 0.5) is 4.39 Å². The third-order valence-electron chi connectivity index (χ3n) is 4.47. The standard InChI is InChI=1S/C15H20FN/c1-11(12-2-6-14(16)7-3-12)17-10-15(8-9-15)13-4-5-13/h2-3,6-7,11,13,17H,4-5,8-10H2,1H3. The summed E-state index contributed by atoms with van der Waals surface area (Å²) < 4.78 is 12.8. The van der Waals surface area contributed by atoms with Crippen molar-refractivity contribution in [1.82, 2.24) is 5.32 Å². The molecule has 0 aliphatic heterocycles. The first kappa shape index (κ1) is 11.2. The molecule has 1 aromatic rings. The third-order valence-corrected chi connectivity index (χ3v) is 4.47. The highest BCUT2D eigenvalue weighted by molar-refractivity contribution is 5.19. The summed E-state index contributed by atoms with van der Waals surface area (Å²) in [5.74, 6) is 0.841. The molecule has 2 heteroatoms. The average Bonchev–Trinajstić information content (AvgIpc) is 3.17. The second kappa shape index (κ2) is 4.09. The molecule has 0 amide bonds. The Hall–Kier alpha value is -0.890. The predicted octanol–water partition coefficient (Wildman–Crippen LogP) is 3.67. The van der Waals surface area contributed by atoms with Gasteiger partial charge in [-0.1, -0.05) is 12.1 Å². The molecule has 0 saturated heterocycles. The summed E-state index contributed by atoms with van der Waals surface area (Å²) in [7, 11) is 0. The fraction of sp³-hybridized carbons (Fsp3) is 0.600. The van der Waals surface area contributed by atoms with Gasteiger partial charge in [0.15, 0.2) is 0 Å². The zero-order chi connectivity index (χ0) is 11.9. The molecule has 1 atom stereocenters. The van der Waals surface area contributed by atoms with Crippen molar-refractivity contribution in [3.63, 3.8) is 0 Å². The summed E-state index contributed by atoms with van der Waals surface area (Å²) >= 11 is 0. The normalized spacial score (nSPS) is 23.4. The lowest BCUT2D eigenvalue weighted by molar-refractivity contribution is 0.382. The Morgan fingerprint density at radius 1 is 1.29 bits per heavy atom. The predicted molar refractivity (Wildman–Crippen MR) is 67.2 cm³/mol. The molecule has 0 heterocycles. The first-order valence-corrected chi connectivity index (χ1v) is 6.68. The van der Waals surface area contributed by atoms with Gasteiger partial charge in [-0.3, -0.25) is 0 Å². The van der Waals surface area contributed by atoms with Crippen molar-refractivity contribution in [2.75, 3.05) is 6.54 Å². The monoisotopic (exact) mass is 233 g/mol. The van der Waals surface area contributed by atoms with Gasteiger partial charge < -0.3 is 5.32 Å². The van der Waals surface area contributed by atoms with E-state index >= 15 is 0 Å². The molecule has 1 aromatic carbocycles. The zero-order valence-electron chi connectivity index (χ0n) is 10.4. The van der Waals surface area contributed by atoms with Crippen LogP contribution in [0.15, 0.2) is 24.3 Å². The topological polar surface area (TPSA) is 12.0 Å². The molecule has 1 N–H and O–H groups in total. The second-order valence-electron chi connectivity index (χ2n) is 5.79. The smallest absolute Gasteiger partial charge is 0.123 e. The molecule has 2 aliphatic rings. The van der Waals surface area contributed by atoms with E-state index in [0.29, 0.717) is 11.5 Å². The minimum absolute atomic E-state index is 0.155. The quantitative estimate of drug-likeness (QED) is 0.818. The Balaban J connectivity index is 1.56. The zero-order valence-corrected chi connectivity index (χ0v) is 10.4. The summed E-state index contributed by atoms with van der Waals surface area (Å²) in [5, 5.41) is 3.62. The summed E-state index contributed by atoms with van der Waals surface area (Å²) in [6, 6.07) is 7.17. The maximum Gasteiger partial charge on any atom is 0.123 e. The number of halogens is 1. The van der Waals surface area contributed by atoms with Crippen LogP contribution in [-0.2, 0) is 0 Å². The summed E-state index contributed by atoms with van der Waals surface area (Å²) in [4.78, 5) is 0. The lowest BCUT2D eigenvalue weighted by atomic mass is 9.99. The molecular weight excluding hydrogens is 213 g/mol. The molecule has 0 aromatic heterocycles. The number of hydrogen-bond donors (Lipinski definition) is 1. The molecule has 2 aliphatic carbocycles. The Morgan fingerprint density at radius 3 is 2.47 bits per heavy atom. The highest BCUT2D eigenvalue weighted by Gasteiger charge is 2.53. The highest BCUT2D eigenvalue weighted by atomic mass is 19.1. The minimum atomic E-state index is -0.155. The van der Waals surface area contributed by atoms with E-state index in [0.717, 1.165) is 12.5 Å². The van der Waals surface area contributed by atoms with Crippen molar-refractivity contribution in [2.45, 2.75) is 38.6 Å². The number of rotatable bonds is 5. The Labute approximate surface area is 102 Å². The first-order valence-electron chi connectivity index (χ1n) is 6.68. The molecular formula is C15H20FN.